The van der Waals surface area contributed by atoms with Crippen LogP contribution in [0.2, 0.25) is 0 Å². The zero-order chi connectivity index (χ0) is 13.5. The molecule has 1 aliphatic heterocycles. The Morgan fingerprint density at radius 2 is 2.32 bits per heavy atom. The van der Waals surface area contributed by atoms with Gasteiger partial charge in [0.25, 0.3) is 5.89 Å². The summed E-state index contributed by atoms with van der Waals surface area (Å²) >= 11 is 0. The molecule has 8 heteroatoms. The number of nitrogens with zero attached hydrogens (tertiary/aromatic N) is 3. The lowest BCUT2D eigenvalue weighted by atomic mass is 10.1. The predicted octanol–water partition coefficient (Wildman–Crippen LogP) is 0.838. The van der Waals surface area contributed by atoms with Gasteiger partial charge >= 0.3 is 0 Å². The fourth-order valence-electron chi connectivity index (χ4n) is 2.09. The molecule has 2 aromatic heterocycles. The molecule has 0 aromatic carbocycles. The van der Waals surface area contributed by atoms with Crippen LogP contribution in [0, 0.1) is 11.3 Å². The zero-order valence-corrected chi connectivity index (χ0v) is 10.6. The number of sulfone groups is 1. The summed E-state index contributed by atoms with van der Waals surface area (Å²) in [5, 5.41) is 12.5. The quantitative estimate of drug-likeness (QED) is 0.870. The van der Waals surface area contributed by atoms with Crippen molar-refractivity contribution in [1.82, 2.24) is 15.1 Å². The van der Waals surface area contributed by atoms with E-state index in [0.29, 0.717) is 23.6 Å². The van der Waals surface area contributed by atoms with E-state index in [2.05, 4.69) is 15.1 Å². The number of nitrogens with one attached hydrogen (secondary N) is 1. The Balaban J connectivity index is 1.86. The van der Waals surface area contributed by atoms with Crippen LogP contribution in [0.1, 0.15) is 23.9 Å². The highest BCUT2D eigenvalue weighted by atomic mass is 32.2. The topological polar surface area (TPSA) is 113 Å². The molecule has 1 aliphatic rings. The van der Waals surface area contributed by atoms with E-state index in [9.17, 15) is 8.42 Å². The number of hydrogen-bond acceptors (Lipinski definition) is 6. The first kappa shape index (κ1) is 11.9. The standard InChI is InChI=1S/C11H10N4O3S/c12-5-8-1-2-9(13-8)11-14-10(15-18-11)7-3-4-19(16,17)6-7/h1-2,7,13H,3-4,6H2. The molecule has 1 N–H and O–H groups in total. The van der Waals surface area contributed by atoms with Gasteiger partial charge in [-0.1, -0.05) is 5.16 Å². The van der Waals surface area contributed by atoms with Gasteiger partial charge in [-0.05, 0) is 18.6 Å². The lowest BCUT2D eigenvalue weighted by molar-refractivity contribution is 0.417. The lowest BCUT2D eigenvalue weighted by Gasteiger charge is -1.97. The first-order chi connectivity index (χ1) is 9.07. The second-order valence-electron chi connectivity index (χ2n) is 4.46. The minimum atomic E-state index is -2.97. The van der Waals surface area contributed by atoms with Crippen LogP contribution in [-0.4, -0.2) is 35.0 Å². The second-order valence-corrected chi connectivity index (χ2v) is 6.68. The van der Waals surface area contributed by atoms with E-state index in [1.807, 2.05) is 6.07 Å². The van der Waals surface area contributed by atoms with Crippen LogP contribution in [0.4, 0.5) is 0 Å². The Bertz CT molecular complexity index is 753. The summed E-state index contributed by atoms with van der Waals surface area (Å²) in [4.78, 5) is 7.02. The van der Waals surface area contributed by atoms with Gasteiger partial charge in [0.1, 0.15) is 17.5 Å². The van der Waals surface area contributed by atoms with Crippen molar-refractivity contribution in [3.63, 3.8) is 0 Å². The zero-order valence-electron chi connectivity index (χ0n) is 9.83. The van der Waals surface area contributed by atoms with E-state index in [1.165, 1.54) is 0 Å². The normalized spacial score (nSPS) is 21.3. The lowest BCUT2D eigenvalue weighted by Crippen LogP contribution is -2.05. The third-order valence-electron chi connectivity index (χ3n) is 3.08. The van der Waals surface area contributed by atoms with Crippen molar-refractivity contribution in [2.24, 2.45) is 0 Å². The molecule has 0 spiro atoms. The van der Waals surface area contributed by atoms with Gasteiger partial charge in [-0.2, -0.15) is 10.2 Å². The van der Waals surface area contributed by atoms with Gasteiger partial charge in [0.2, 0.25) is 0 Å². The summed E-state index contributed by atoms with van der Waals surface area (Å²) in [6.07, 6.45) is 0.523. The highest BCUT2D eigenvalue weighted by Crippen LogP contribution is 2.28. The molecule has 19 heavy (non-hydrogen) atoms. The Kier molecular flexibility index (Phi) is 2.64. The summed E-state index contributed by atoms with van der Waals surface area (Å²) in [5.74, 6) is 0.709. The number of hydrogen-bond donors (Lipinski definition) is 1. The molecule has 3 heterocycles. The highest BCUT2D eigenvalue weighted by Gasteiger charge is 2.32. The molecule has 1 atom stereocenters. The van der Waals surface area contributed by atoms with Crippen LogP contribution in [-0.2, 0) is 9.84 Å². The van der Waals surface area contributed by atoms with E-state index >= 15 is 0 Å². The average Bonchev–Trinajstić information content (AvgIpc) is 3.05. The van der Waals surface area contributed by atoms with Crippen LogP contribution < -0.4 is 0 Å². The molecule has 3 rings (SSSR count). The largest absolute Gasteiger partial charge is 0.342 e. The fraction of sp³-hybridized carbons (Fsp3) is 0.364. The molecule has 0 saturated carbocycles. The molecular weight excluding hydrogens is 268 g/mol. The minimum absolute atomic E-state index is 0.0696. The van der Waals surface area contributed by atoms with Crippen LogP contribution in [0.25, 0.3) is 11.6 Å². The number of rotatable bonds is 2. The van der Waals surface area contributed by atoms with Gasteiger partial charge in [-0.3, -0.25) is 0 Å². The molecule has 0 aliphatic carbocycles. The first-order valence-electron chi connectivity index (χ1n) is 5.71. The van der Waals surface area contributed by atoms with Gasteiger partial charge < -0.3 is 9.51 Å². The van der Waals surface area contributed by atoms with Crippen molar-refractivity contribution in [2.45, 2.75) is 12.3 Å². The molecule has 1 unspecified atom stereocenters. The maximum absolute atomic E-state index is 11.4. The van der Waals surface area contributed by atoms with Crippen molar-refractivity contribution < 1.29 is 12.9 Å². The van der Waals surface area contributed by atoms with E-state index in [-0.39, 0.29) is 23.3 Å². The van der Waals surface area contributed by atoms with Crippen molar-refractivity contribution >= 4 is 9.84 Å². The van der Waals surface area contributed by atoms with Gasteiger partial charge in [0, 0.05) is 5.92 Å². The van der Waals surface area contributed by atoms with Crippen molar-refractivity contribution in [3.8, 4) is 17.7 Å². The second kappa shape index (κ2) is 4.20. The fourth-order valence-corrected chi connectivity index (χ4v) is 3.83. The Labute approximate surface area is 109 Å². The van der Waals surface area contributed by atoms with E-state index in [4.69, 9.17) is 9.78 Å². The molecule has 1 saturated heterocycles. The van der Waals surface area contributed by atoms with Crippen molar-refractivity contribution in [3.05, 3.63) is 23.7 Å². The Morgan fingerprint density at radius 3 is 2.95 bits per heavy atom. The highest BCUT2D eigenvalue weighted by molar-refractivity contribution is 7.91. The average molecular weight is 278 g/mol. The predicted molar refractivity (Wildman–Crippen MR) is 64.8 cm³/mol. The monoisotopic (exact) mass is 278 g/mol. The van der Waals surface area contributed by atoms with Gasteiger partial charge in [-0.15, -0.1) is 0 Å². The van der Waals surface area contributed by atoms with Gasteiger partial charge in [0.05, 0.1) is 11.5 Å². The summed E-state index contributed by atoms with van der Waals surface area (Å²) < 4.78 is 27.9. The van der Waals surface area contributed by atoms with Crippen LogP contribution in [0.5, 0.6) is 0 Å². The van der Waals surface area contributed by atoms with Crippen molar-refractivity contribution in [1.29, 1.82) is 5.26 Å². The molecule has 1 fully saturated rings. The summed E-state index contributed by atoms with van der Waals surface area (Å²) in [7, 11) is -2.97. The maximum Gasteiger partial charge on any atom is 0.274 e. The summed E-state index contributed by atoms with van der Waals surface area (Å²) in [5.41, 5.74) is 0.953. The maximum atomic E-state index is 11.4. The third-order valence-corrected chi connectivity index (χ3v) is 4.84. The number of aromatic nitrogens is 3. The Hall–Kier alpha value is -2.14. The molecule has 0 radical (unpaired) electrons. The molecule has 7 nitrogen and oxygen atoms in total. The first-order valence-corrected chi connectivity index (χ1v) is 7.53. The van der Waals surface area contributed by atoms with Gasteiger partial charge in [0.15, 0.2) is 15.7 Å². The van der Waals surface area contributed by atoms with Crippen LogP contribution in [0.3, 0.4) is 0 Å². The van der Waals surface area contributed by atoms with E-state index in [1.54, 1.807) is 12.1 Å². The molecule has 2 aromatic rings. The summed E-state index contributed by atoms with van der Waals surface area (Å²) in [6, 6.07) is 5.24. The van der Waals surface area contributed by atoms with Crippen LogP contribution >= 0.6 is 0 Å². The molecule has 0 bridgehead atoms. The minimum Gasteiger partial charge on any atom is -0.342 e. The number of H-pyrrole nitrogens is 1. The van der Waals surface area contributed by atoms with Crippen molar-refractivity contribution in [2.75, 3.05) is 11.5 Å². The number of aromatic amines is 1. The SMILES string of the molecule is N#Cc1ccc(-c2nc(C3CCS(=O)(=O)C3)no2)[nH]1. The van der Waals surface area contributed by atoms with E-state index in [0.717, 1.165) is 0 Å². The smallest absolute Gasteiger partial charge is 0.274 e. The molecular formula is C11H10N4O3S. The van der Waals surface area contributed by atoms with Gasteiger partial charge in [-0.25, -0.2) is 8.42 Å². The van der Waals surface area contributed by atoms with E-state index < -0.39 is 9.84 Å². The number of nitriles is 1. The third kappa shape index (κ3) is 2.24. The van der Waals surface area contributed by atoms with Crippen LogP contribution in [0.15, 0.2) is 16.7 Å². The molecule has 98 valence electrons. The Morgan fingerprint density at radius 1 is 1.47 bits per heavy atom. The summed E-state index contributed by atoms with van der Waals surface area (Å²) in [6.45, 7) is 0. The molecule has 0 amide bonds.